The Morgan fingerprint density at radius 2 is 0.800 bits per heavy atom. The van der Waals surface area contributed by atoms with E-state index in [1.807, 2.05) is 116 Å². The lowest BCUT2D eigenvalue weighted by molar-refractivity contribution is -0.185. The van der Waals surface area contributed by atoms with Gasteiger partial charge in [0.2, 0.25) is 0 Å². The molecule has 0 aliphatic rings. The van der Waals surface area contributed by atoms with E-state index in [-0.39, 0.29) is 47.2 Å². The molecule has 24 nitrogen and oxygen atoms in total. The summed E-state index contributed by atoms with van der Waals surface area (Å²) in [5, 5.41) is 10.9. The van der Waals surface area contributed by atoms with Crippen molar-refractivity contribution in [1.82, 2.24) is 45.0 Å². The Morgan fingerprint density at radius 3 is 1.10 bits per heavy atom. The number of anilines is 1. The monoisotopic (exact) mass is 1810 g/mol. The molecule has 37 heteroatoms. The van der Waals surface area contributed by atoms with E-state index in [0.717, 1.165) is 97.4 Å². The first-order valence-corrected chi connectivity index (χ1v) is 41.7. The third-order valence-corrected chi connectivity index (χ3v) is 20.0. The first-order valence-electron chi connectivity index (χ1n) is 38.9. The van der Waals surface area contributed by atoms with Crippen molar-refractivity contribution in [1.29, 1.82) is 0 Å². The number of benzene rings is 3. The van der Waals surface area contributed by atoms with E-state index in [9.17, 15) is 63.5 Å². The fourth-order valence-corrected chi connectivity index (χ4v) is 14.2. The highest BCUT2D eigenvalue weighted by molar-refractivity contribution is 7.23. The quantitative estimate of drug-likeness (QED) is 0.0108. The van der Waals surface area contributed by atoms with Crippen molar-refractivity contribution in [3.63, 3.8) is 0 Å². The van der Waals surface area contributed by atoms with Gasteiger partial charge in [0.25, 0.3) is 0 Å². The van der Waals surface area contributed by atoms with Crippen LogP contribution in [0.2, 0.25) is 0 Å². The van der Waals surface area contributed by atoms with E-state index < -0.39 is 84.4 Å². The van der Waals surface area contributed by atoms with Crippen LogP contribution in [0.3, 0.4) is 0 Å². The van der Waals surface area contributed by atoms with Crippen LogP contribution in [0.15, 0.2) is 165 Å². The third kappa shape index (κ3) is 32.0. The number of thiophene rings is 3. The van der Waals surface area contributed by atoms with E-state index in [0.29, 0.717) is 75.2 Å². The molecule has 4 N–H and O–H groups in total. The molecule has 9 aromatic heterocycles. The molecule has 0 atom stereocenters. The third-order valence-electron chi connectivity index (χ3n) is 16.4. The topological polar surface area (TPSA) is 301 Å². The number of pyridine rings is 6. The number of ether oxygens (including phenoxy) is 8. The van der Waals surface area contributed by atoms with Crippen molar-refractivity contribution in [3.05, 3.63) is 210 Å². The molecule has 0 unspecified atom stereocenters. The van der Waals surface area contributed by atoms with Crippen molar-refractivity contribution in [2.24, 2.45) is 0 Å². The second-order valence-electron chi connectivity index (χ2n) is 29.2. The molecule has 0 radical (unpaired) electrons. The number of methoxy groups -OCH3 is 1. The number of carbonyl (C=O) groups excluding carboxylic acids is 5. The fourth-order valence-electron chi connectivity index (χ4n) is 11.1. The summed E-state index contributed by atoms with van der Waals surface area (Å²) < 4.78 is 160. The smallest absolute Gasteiger partial charge is 0.422 e. The van der Waals surface area contributed by atoms with Gasteiger partial charge in [0, 0.05) is 105 Å². The molecule has 0 saturated carbocycles. The molecule has 0 aliphatic carbocycles. The van der Waals surface area contributed by atoms with E-state index in [1.54, 1.807) is 65.8 Å². The maximum atomic E-state index is 14.8. The summed E-state index contributed by atoms with van der Waals surface area (Å²) in [5.74, 6) is -3.24. The van der Waals surface area contributed by atoms with Crippen LogP contribution in [0.5, 0.6) is 34.5 Å². The highest BCUT2D eigenvalue weighted by Crippen LogP contribution is 2.43. The maximum absolute atomic E-state index is 14.8. The van der Waals surface area contributed by atoms with E-state index in [1.165, 1.54) is 83.7 Å². The number of hydrogen-bond donors (Lipinski definition) is 3. The molecule has 2 amide bonds. The lowest BCUT2D eigenvalue weighted by Gasteiger charge is -2.27. The Hall–Kier alpha value is -11.8. The standard InChI is InChI=1S/C31H31F4N3O5S.C27H29FN4O3S.C26H23F4N3O3S.C2H3ClO2.C2H6O/c1-5-12-38(29(40)43-30(2,3)4)17-20-6-8-22(37-16-20)26-15-23-28(44-26)25(10-11-36-23)42-24-9-7-19(13-21(24)32)14-27(39)41-18-31(33,34)35;1-5-12-32(26(33)35-27(2,3)4)16-17-6-8-20(31-15-17)24-14-21-25(36-24)23(10-11-30-21)34-22-9-7-18(29)13-19(22)28;1-2-8-31-13-17-3-5-19(33-14-17)23-12-20-25(37-23)22(7-9-32-20)36-21-6-4-16(10-18(21)27)11-24(34)35-15-26(28,29)30;1-5-2(3)4;1-2-3/h6-11,13,15-16H,5,12,14,17-18H2,1-4H3;6-11,13-15H,5,12,16,29H2,1-4H3;3-7,9-10,12,14,31H,2,8,11,13,15H2,1H3;1H3;3H,2H2,1H3. The van der Waals surface area contributed by atoms with Crippen molar-refractivity contribution in [2.45, 2.75) is 145 Å². The SMILES string of the molecule is CCCN(Cc1ccc(-c2cc3nccc(Oc4ccc(CC(=O)OCC(F)(F)F)cc4F)c3s2)nc1)C(=O)OC(C)(C)C.CCCN(Cc1ccc(-c2cc3nccc(Oc4ccc(N)cc4F)c3s2)nc1)C(=O)OC(C)(C)C.CCCNCc1ccc(-c2cc3nccc(Oc4ccc(CC(=O)OCC(F)(F)F)cc4F)c3s2)nc1.CCO.COC(=O)Cl. The number of amides is 2. The van der Waals surface area contributed by atoms with Gasteiger partial charge < -0.3 is 63.9 Å². The number of alkyl halides is 6. The summed E-state index contributed by atoms with van der Waals surface area (Å²) in [4.78, 5) is 90.6. The van der Waals surface area contributed by atoms with Gasteiger partial charge in [0.1, 0.15) is 28.5 Å². The van der Waals surface area contributed by atoms with Gasteiger partial charge in [-0.3, -0.25) is 39.5 Å². The van der Waals surface area contributed by atoms with Gasteiger partial charge in [-0.15, -0.1) is 34.0 Å². The molecule has 0 spiro atoms. The number of nitrogens with zero attached hydrogens (tertiary/aromatic N) is 8. The van der Waals surface area contributed by atoms with Gasteiger partial charge in [-0.05, 0) is 175 Å². The zero-order chi connectivity index (χ0) is 91.3. The molecule has 0 fully saturated rings. The Labute approximate surface area is 731 Å². The lowest BCUT2D eigenvalue weighted by Crippen LogP contribution is -2.36. The van der Waals surface area contributed by atoms with Crippen molar-refractivity contribution in [2.75, 3.05) is 52.3 Å². The minimum atomic E-state index is -4.64. The van der Waals surface area contributed by atoms with E-state index in [2.05, 4.69) is 68.0 Å². The van der Waals surface area contributed by atoms with Gasteiger partial charge in [-0.25, -0.2) is 27.6 Å². The summed E-state index contributed by atoms with van der Waals surface area (Å²) in [6, 6.07) is 33.8. The number of nitrogens with one attached hydrogen (secondary N) is 1. The average Bonchev–Trinajstić information content (AvgIpc) is 1.66. The summed E-state index contributed by atoms with van der Waals surface area (Å²) in [7, 11) is 1.22. The van der Waals surface area contributed by atoms with E-state index in [4.69, 9.17) is 34.5 Å². The Bertz CT molecular complexity index is 5580. The zero-order valence-electron chi connectivity index (χ0n) is 69.9. The van der Waals surface area contributed by atoms with E-state index >= 15 is 0 Å². The highest BCUT2D eigenvalue weighted by atomic mass is 35.5. The number of aliphatic hydroxyl groups excluding tert-OH is 1. The van der Waals surface area contributed by atoms with Gasteiger partial charge in [-0.2, -0.15) is 26.3 Å². The number of hydrogen-bond acceptors (Lipinski definition) is 25. The summed E-state index contributed by atoms with van der Waals surface area (Å²) in [5.41, 5.74) is 11.4. The minimum Gasteiger partial charge on any atom is -0.457 e. The highest BCUT2D eigenvalue weighted by Gasteiger charge is 2.32. The van der Waals surface area contributed by atoms with Crippen molar-refractivity contribution in [3.8, 4) is 66.2 Å². The predicted molar refractivity (Wildman–Crippen MR) is 461 cm³/mol. The number of rotatable bonds is 27. The number of nitrogen functional groups attached to an aromatic ring is 1. The van der Waals surface area contributed by atoms with Crippen LogP contribution in [0.4, 0.5) is 59.6 Å². The summed E-state index contributed by atoms with van der Waals surface area (Å²) >= 11 is 8.82. The second-order valence-corrected chi connectivity index (χ2v) is 32.7. The Kier molecular flexibility index (Phi) is 36.5. The maximum Gasteiger partial charge on any atom is 0.422 e. The fraction of sp³-hybridized carbons (Fsp3) is 0.330. The van der Waals surface area contributed by atoms with Crippen LogP contribution < -0.4 is 25.3 Å². The molecular formula is C88H92ClF9N10O14S3. The molecule has 12 rings (SSSR count). The molecule has 12 aromatic rings. The van der Waals surface area contributed by atoms with Gasteiger partial charge in [0.15, 0.2) is 47.9 Å². The normalized spacial score (nSPS) is 11.3. The predicted octanol–water partition coefficient (Wildman–Crippen LogP) is 22.5. The molecule has 0 saturated heterocycles. The van der Waals surface area contributed by atoms with Crippen LogP contribution in [-0.4, -0.2) is 144 Å². The number of nitrogens with two attached hydrogens (primary N) is 1. The van der Waals surface area contributed by atoms with Crippen LogP contribution >= 0.6 is 45.6 Å². The molecule has 9 heterocycles. The molecule has 3 aromatic carbocycles. The Balaban J connectivity index is 0.000000223. The molecule has 0 bridgehead atoms. The Morgan fingerprint density at radius 1 is 0.464 bits per heavy atom. The summed E-state index contributed by atoms with van der Waals surface area (Å²) in [6.07, 6.45) is 1.62. The van der Waals surface area contributed by atoms with Crippen LogP contribution in [0, 0.1) is 17.5 Å². The number of carbonyl (C=O) groups is 5. The first-order chi connectivity index (χ1) is 59.2. The van der Waals surface area contributed by atoms with Crippen LogP contribution in [-0.2, 0) is 65.7 Å². The largest absolute Gasteiger partial charge is 0.457 e. The van der Waals surface area contributed by atoms with Crippen molar-refractivity contribution >= 4 is 112 Å². The molecular weight excluding hydrogens is 1720 g/mol. The van der Waals surface area contributed by atoms with Gasteiger partial charge in [-0.1, -0.05) is 51.1 Å². The van der Waals surface area contributed by atoms with Gasteiger partial charge in [0.05, 0.1) is 95.4 Å². The molecule has 0 aliphatic heterocycles. The first kappa shape index (κ1) is 98.6. The van der Waals surface area contributed by atoms with Crippen molar-refractivity contribution < 1.29 is 106 Å². The second kappa shape index (κ2) is 46.2. The van der Waals surface area contributed by atoms with Gasteiger partial charge >= 0.3 is 41.9 Å². The van der Waals surface area contributed by atoms with Crippen LogP contribution in [0.1, 0.15) is 116 Å². The zero-order valence-corrected chi connectivity index (χ0v) is 73.1. The van der Waals surface area contributed by atoms with Crippen LogP contribution in [0.25, 0.3) is 62.4 Å². The average molecular weight is 1820 g/mol. The molecule has 666 valence electrons. The number of aliphatic hydroxyl groups is 1. The number of halogens is 10. The lowest BCUT2D eigenvalue weighted by atomic mass is 10.1. The molecule has 125 heavy (non-hydrogen) atoms. The summed E-state index contributed by atoms with van der Waals surface area (Å²) in [6.45, 7) is 19.3. The number of aromatic nitrogens is 6. The number of fused-ring (bicyclic) bond motifs is 3. The minimum absolute atomic E-state index is 0.0933. The number of esters is 2.